The van der Waals surface area contributed by atoms with Gasteiger partial charge in [0.2, 0.25) is 5.91 Å². The van der Waals surface area contributed by atoms with Crippen LogP contribution in [0.25, 0.3) is 0 Å². The molecule has 1 atom stereocenters. The lowest BCUT2D eigenvalue weighted by Crippen LogP contribution is -2.53. The van der Waals surface area contributed by atoms with Gasteiger partial charge in [-0.3, -0.25) is 4.79 Å². The van der Waals surface area contributed by atoms with Crippen LogP contribution in [-0.4, -0.2) is 34.2 Å². The molecule has 1 fully saturated rings. The van der Waals surface area contributed by atoms with Crippen LogP contribution in [0.5, 0.6) is 0 Å². The first-order valence-corrected chi connectivity index (χ1v) is 7.14. The normalized spacial score (nSPS) is 19.1. The lowest BCUT2D eigenvalue weighted by Gasteiger charge is -2.41. The summed E-state index contributed by atoms with van der Waals surface area (Å²) in [4.78, 5) is 23.3. The predicted molar refractivity (Wildman–Crippen MR) is 77.7 cm³/mol. The third-order valence-electron chi connectivity index (χ3n) is 4.23. The van der Waals surface area contributed by atoms with E-state index >= 15 is 0 Å². The van der Waals surface area contributed by atoms with E-state index in [9.17, 15) is 14.7 Å². The fraction of sp³-hybridized carbons (Fsp3) is 0.500. The van der Waals surface area contributed by atoms with Gasteiger partial charge < -0.3 is 15.5 Å². The summed E-state index contributed by atoms with van der Waals surface area (Å²) in [5.41, 5.74) is -1.30. The molecule has 1 aromatic rings. The Balaban J connectivity index is 2.00. The Kier molecular flexibility index (Phi) is 4.32. The van der Waals surface area contributed by atoms with E-state index in [1.807, 2.05) is 30.3 Å². The molecule has 3 N–H and O–H groups in total. The fourth-order valence-electron chi connectivity index (χ4n) is 2.59. The lowest BCUT2D eigenvalue weighted by molar-refractivity contribution is -0.157. The van der Waals surface area contributed by atoms with E-state index in [2.05, 4.69) is 5.32 Å². The summed E-state index contributed by atoms with van der Waals surface area (Å²) in [7, 11) is 0. The number of hydrogen-bond donors (Lipinski definition) is 3. The van der Waals surface area contributed by atoms with Crippen molar-refractivity contribution < 1.29 is 19.8 Å². The molecule has 21 heavy (non-hydrogen) atoms. The smallest absolute Gasteiger partial charge is 0.337 e. The van der Waals surface area contributed by atoms with Gasteiger partial charge >= 0.3 is 5.97 Å². The minimum absolute atomic E-state index is 0.167. The first-order valence-electron chi connectivity index (χ1n) is 7.14. The zero-order valence-corrected chi connectivity index (χ0v) is 12.1. The van der Waals surface area contributed by atoms with Crippen molar-refractivity contribution in [2.24, 2.45) is 5.41 Å². The molecule has 1 amide bonds. The Morgan fingerprint density at radius 1 is 1.29 bits per heavy atom. The SMILES string of the molecule is CC(O)(CNC(=O)C1(Cc2ccccc2)CCC1)C(=O)O. The Labute approximate surface area is 124 Å². The number of benzene rings is 1. The van der Waals surface area contributed by atoms with E-state index in [-0.39, 0.29) is 12.5 Å². The number of amides is 1. The molecule has 1 aliphatic rings. The van der Waals surface area contributed by atoms with Gasteiger partial charge in [-0.1, -0.05) is 36.8 Å². The van der Waals surface area contributed by atoms with Crippen molar-refractivity contribution >= 4 is 11.9 Å². The van der Waals surface area contributed by atoms with Crippen LogP contribution in [0, 0.1) is 5.41 Å². The zero-order chi connectivity index (χ0) is 15.5. The molecule has 114 valence electrons. The fourth-order valence-corrected chi connectivity index (χ4v) is 2.59. The molecule has 5 heteroatoms. The lowest BCUT2D eigenvalue weighted by atomic mass is 9.64. The first kappa shape index (κ1) is 15.5. The third-order valence-corrected chi connectivity index (χ3v) is 4.23. The van der Waals surface area contributed by atoms with Crippen LogP contribution in [0.15, 0.2) is 30.3 Å². The van der Waals surface area contributed by atoms with Crippen molar-refractivity contribution in [1.29, 1.82) is 0 Å². The summed E-state index contributed by atoms with van der Waals surface area (Å²) in [5.74, 6) is -1.51. The van der Waals surface area contributed by atoms with E-state index in [1.165, 1.54) is 6.92 Å². The number of carboxylic acids is 1. The molecule has 1 aromatic carbocycles. The predicted octanol–water partition coefficient (Wildman–Crippen LogP) is 1.35. The Morgan fingerprint density at radius 3 is 2.38 bits per heavy atom. The van der Waals surface area contributed by atoms with Gasteiger partial charge in [-0.25, -0.2) is 4.79 Å². The van der Waals surface area contributed by atoms with Gasteiger partial charge in [-0.05, 0) is 31.7 Å². The maximum Gasteiger partial charge on any atom is 0.337 e. The molecule has 0 saturated heterocycles. The highest BCUT2D eigenvalue weighted by Gasteiger charge is 2.44. The molecule has 2 rings (SSSR count). The first-order chi connectivity index (χ1) is 9.86. The van der Waals surface area contributed by atoms with Crippen LogP contribution in [0.2, 0.25) is 0 Å². The maximum atomic E-state index is 12.4. The van der Waals surface area contributed by atoms with E-state index in [4.69, 9.17) is 5.11 Å². The summed E-state index contributed by atoms with van der Waals surface area (Å²) < 4.78 is 0. The van der Waals surface area contributed by atoms with Gasteiger partial charge in [0.15, 0.2) is 5.60 Å². The van der Waals surface area contributed by atoms with E-state index in [0.29, 0.717) is 6.42 Å². The summed E-state index contributed by atoms with van der Waals surface area (Å²) in [6.45, 7) is 0.901. The molecule has 5 nitrogen and oxygen atoms in total. The van der Waals surface area contributed by atoms with Crippen molar-refractivity contribution in [3.63, 3.8) is 0 Å². The van der Waals surface area contributed by atoms with Crippen LogP contribution in [0.1, 0.15) is 31.7 Å². The van der Waals surface area contributed by atoms with Crippen LogP contribution in [-0.2, 0) is 16.0 Å². The molecule has 0 aliphatic heterocycles. The van der Waals surface area contributed by atoms with E-state index in [1.54, 1.807) is 0 Å². The van der Waals surface area contributed by atoms with E-state index in [0.717, 1.165) is 24.8 Å². The molecular formula is C16H21NO4. The maximum absolute atomic E-state index is 12.4. The largest absolute Gasteiger partial charge is 0.479 e. The van der Waals surface area contributed by atoms with Crippen LogP contribution >= 0.6 is 0 Å². The Bertz CT molecular complexity index is 520. The zero-order valence-electron chi connectivity index (χ0n) is 12.1. The standard InChI is InChI=1S/C16H21NO4/c1-15(21,14(19)20)11-17-13(18)16(8-5-9-16)10-12-6-3-2-4-7-12/h2-4,6-7,21H,5,8-11H2,1H3,(H,17,18)(H,19,20). The van der Waals surface area contributed by atoms with Crippen LogP contribution in [0.4, 0.5) is 0 Å². The second kappa shape index (κ2) is 5.85. The summed E-state index contributed by atoms with van der Waals surface area (Å²) in [6.07, 6.45) is 3.23. The number of rotatable bonds is 6. The van der Waals surface area contributed by atoms with Gasteiger partial charge in [0.25, 0.3) is 0 Å². The quantitative estimate of drug-likeness (QED) is 0.738. The highest BCUT2D eigenvalue weighted by Crippen LogP contribution is 2.44. The van der Waals surface area contributed by atoms with Crippen LogP contribution in [0.3, 0.4) is 0 Å². The van der Waals surface area contributed by atoms with Gasteiger partial charge in [0.1, 0.15) is 0 Å². The molecular weight excluding hydrogens is 270 g/mol. The Morgan fingerprint density at radius 2 is 1.90 bits per heavy atom. The number of aliphatic hydroxyl groups is 1. The van der Waals surface area contributed by atoms with Gasteiger partial charge in [0.05, 0.1) is 12.0 Å². The summed E-state index contributed by atoms with van der Waals surface area (Å²) in [6, 6.07) is 9.78. The molecule has 0 bridgehead atoms. The molecule has 1 aliphatic carbocycles. The van der Waals surface area contributed by atoms with Gasteiger partial charge in [0, 0.05) is 0 Å². The average Bonchev–Trinajstić information content (AvgIpc) is 2.41. The van der Waals surface area contributed by atoms with Crippen molar-refractivity contribution in [1.82, 2.24) is 5.32 Å². The number of carboxylic acid groups (broad SMARTS) is 1. The van der Waals surface area contributed by atoms with Gasteiger partial charge in [-0.15, -0.1) is 0 Å². The van der Waals surface area contributed by atoms with Crippen molar-refractivity contribution in [3.05, 3.63) is 35.9 Å². The molecule has 0 aromatic heterocycles. The highest BCUT2D eigenvalue weighted by atomic mass is 16.4. The molecule has 0 radical (unpaired) electrons. The second-order valence-electron chi connectivity index (χ2n) is 6.06. The van der Waals surface area contributed by atoms with E-state index < -0.39 is 17.0 Å². The van der Waals surface area contributed by atoms with Crippen molar-refractivity contribution in [2.45, 2.75) is 38.2 Å². The number of carbonyl (C=O) groups is 2. The second-order valence-corrected chi connectivity index (χ2v) is 6.06. The summed E-state index contributed by atoms with van der Waals surface area (Å²) >= 11 is 0. The molecule has 0 heterocycles. The van der Waals surface area contributed by atoms with Crippen LogP contribution < -0.4 is 5.32 Å². The average molecular weight is 291 g/mol. The monoisotopic (exact) mass is 291 g/mol. The highest BCUT2D eigenvalue weighted by molar-refractivity contribution is 5.85. The van der Waals surface area contributed by atoms with Gasteiger partial charge in [-0.2, -0.15) is 0 Å². The number of nitrogens with one attached hydrogen (secondary N) is 1. The molecule has 1 saturated carbocycles. The number of aliphatic carboxylic acids is 1. The van der Waals surface area contributed by atoms with Crippen molar-refractivity contribution in [2.75, 3.05) is 6.54 Å². The number of carbonyl (C=O) groups excluding carboxylic acids is 1. The minimum Gasteiger partial charge on any atom is -0.479 e. The molecule has 1 unspecified atom stereocenters. The number of hydrogen-bond acceptors (Lipinski definition) is 3. The minimum atomic E-state index is -1.94. The topological polar surface area (TPSA) is 86.6 Å². The molecule has 0 spiro atoms. The van der Waals surface area contributed by atoms with Crippen molar-refractivity contribution in [3.8, 4) is 0 Å². The third kappa shape index (κ3) is 3.42. The summed E-state index contributed by atoms with van der Waals surface area (Å²) in [5, 5.41) is 21.1. The Hall–Kier alpha value is -1.88.